The number of rotatable bonds is 9. The van der Waals surface area contributed by atoms with Gasteiger partial charge in [-0.25, -0.2) is 4.98 Å². The lowest BCUT2D eigenvalue weighted by Crippen LogP contribution is -2.18. The summed E-state index contributed by atoms with van der Waals surface area (Å²) >= 11 is 12.1. The first kappa shape index (κ1) is 26.3. The van der Waals surface area contributed by atoms with E-state index in [1.807, 2.05) is 0 Å². The number of fused-ring (bicyclic) bond motifs is 1. The molecule has 0 aliphatic carbocycles. The average Bonchev–Trinajstić information content (AvgIpc) is 3.13. The van der Waals surface area contributed by atoms with Crippen molar-refractivity contribution in [3.8, 4) is 0 Å². The molecule has 0 saturated heterocycles. The predicted octanol–water partition coefficient (Wildman–Crippen LogP) is 5.41. The Hall–Kier alpha value is -3.31. The van der Waals surface area contributed by atoms with Crippen molar-refractivity contribution < 1.29 is 37.4 Å². The third kappa shape index (κ3) is 6.43. The number of carbonyl (C=O) groups is 3. The van der Waals surface area contributed by atoms with Crippen LogP contribution in [0.5, 0.6) is 0 Å². The molecular weight excluding hydrogens is 514 g/mol. The van der Waals surface area contributed by atoms with Crippen LogP contribution in [0.1, 0.15) is 35.4 Å². The van der Waals surface area contributed by atoms with E-state index >= 15 is 0 Å². The van der Waals surface area contributed by atoms with E-state index in [0.29, 0.717) is 0 Å². The van der Waals surface area contributed by atoms with Crippen LogP contribution in [0.3, 0.4) is 0 Å². The van der Waals surface area contributed by atoms with Crippen molar-refractivity contribution in [2.24, 2.45) is 0 Å². The van der Waals surface area contributed by atoms with Crippen LogP contribution in [0.2, 0.25) is 10.0 Å². The van der Waals surface area contributed by atoms with E-state index in [4.69, 9.17) is 33.0 Å². The maximum atomic E-state index is 13.7. The molecule has 1 amide bonds. The number of hydrogen-bond acceptors (Lipinski definition) is 5. The summed E-state index contributed by atoms with van der Waals surface area (Å²) in [6.07, 6.45) is -5.19. The summed E-state index contributed by atoms with van der Waals surface area (Å²) in [7, 11) is 0. The van der Waals surface area contributed by atoms with Gasteiger partial charge in [0.25, 0.3) is 5.91 Å². The highest BCUT2D eigenvalue weighted by Gasteiger charge is 2.38. The van der Waals surface area contributed by atoms with Crippen LogP contribution in [0, 0.1) is 0 Å². The Bertz CT molecular complexity index is 1260. The first-order valence-electron chi connectivity index (χ1n) is 10.2. The number of nitrogens with one attached hydrogen (secondary N) is 1. The Kier molecular flexibility index (Phi) is 8.23. The smallest absolute Gasteiger partial charge is 0.449 e. The zero-order valence-electron chi connectivity index (χ0n) is 17.9. The minimum absolute atomic E-state index is 0.00148. The van der Waals surface area contributed by atoms with Crippen LogP contribution in [0.4, 0.5) is 18.9 Å². The molecule has 3 rings (SSSR count). The molecule has 2 aromatic carbocycles. The molecule has 1 aromatic heterocycles. The summed E-state index contributed by atoms with van der Waals surface area (Å²) in [4.78, 5) is 38.7. The Morgan fingerprint density at radius 3 is 2.34 bits per heavy atom. The van der Waals surface area contributed by atoms with E-state index < -0.39 is 36.5 Å². The van der Waals surface area contributed by atoms with Gasteiger partial charge in [0.2, 0.25) is 5.82 Å². The van der Waals surface area contributed by atoms with Crippen molar-refractivity contribution in [3.05, 3.63) is 57.8 Å². The summed E-state index contributed by atoms with van der Waals surface area (Å²) < 4.78 is 46.9. The van der Waals surface area contributed by atoms with Crippen molar-refractivity contribution >= 4 is 57.8 Å². The number of halogens is 5. The first-order valence-corrected chi connectivity index (χ1v) is 10.9. The molecule has 0 aliphatic rings. The molecule has 0 radical (unpaired) electrons. The number of anilines is 1. The maximum absolute atomic E-state index is 13.7. The lowest BCUT2D eigenvalue weighted by molar-refractivity contribution is -0.148. The summed E-state index contributed by atoms with van der Waals surface area (Å²) in [5.41, 5.74) is -0.136. The highest BCUT2D eigenvalue weighted by molar-refractivity contribution is 6.40. The van der Waals surface area contributed by atoms with Gasteiger partial charge in [0.05, 0.1) is 33.4 Å². The van der Waals surface area contributed by atoms with Crippen molar-refractivity contribution in [2.45, 2.75) is 32.0 Å². The molecule has 35 heavy (non-hydrogen) atoms. The summed E-state index contributed by atoms with van der Waals surface area (Å²) in [6.45, 7) is -0.768. The van der Waals surface area contributed by atoms with E-state index in [9.17, 15) is 27.6 Å². The first-order chi connectivity index (χ1) is 16.5. The number of para-hydroxylation sites is 1. The Morgan fingerprint density at radius 2 is 1.71 bits per heavy atom. The van der Waals surface area contributed by atoms with Gasteiger partial charge in [0.15, 0.2) is 0 Å². The number of carboxylic acid groups (broad SMARTS) is 1. The van der Waals surface area contributed by atoms with Gasteiger partial charge in [0.1, 0.15) is 12.1 Å². The highest BCUT2D eigenvalue weighted by Crippen LogP contribution is 2.34. The average molecular weight is 532 g/mol. The van der Waals surface area contributed by atoms with Crippen LogP contribution in [-0.4, -0.2) is 39.1 Å². The largest absolute Gasteiger partial charge is 0.481 e. The molecule has 0 spiro atoms. The fraction of sp³-hybridized carbons (Fsp3) is 0.273. The van der Waals surface area contributed by atoms with E-state index in [2.05, 4.69) is 10.3 Å². The second kappa shape index (κ2) is 11.0. The number of aliphatic carboxylic acids is 1. The van der Waals surface area contributed by atoms with E-state index in [1.165, 1.54) is 30.3 Å². The zero-order valence-corrected chi connectivity index (χ0v) is 19.4. The van der Waals surface area contributed by atoms with Gasteiger partial charge >= 0.3 is 18.1 Å². The van der Waals surface area contributed by atoms with Crippen molar-refractivity contribution in [1.29, 1.82) is 0 Å². The predicted molar refractivity (Wildman–Crippen MR) is 122 cm³/mol. The summed E-state index contributed by atoms with van der Waals surface area (Å²) in [5, 5.41) is 11.2. The number of nitrogens with zero attached hydrogens (tertiary/aromatic N) is 2. The van der Waals surface area contributed by atoms with Gasteiger partial charge in [-0.3, -0.25) is 14.4 Å². The van der Waals surface area contributed by atoms with Crippen molar-refractivity contribution in [1.82, 2.24) is 9.55 Å². The van der Waals surface area contributed by atoms with Gasteiger partial charge in [-0.05, 0) is 30.7 Å². The van der Waals surface area contributed by atoms with Crippen molar-refractivity contribution in [2.75, 3.05) is 11.9 Å². The summed E-state index contributed by atoms with van der Waals surface area (Å²) in [5.74, 6) is -3.77. The van der Waals surface area contributed by atoms with Crippen molar-refractivity contribution in [3.63, 3.8) is 0 Å². The van der Waals surface area contributed by atoms with Crippen LogP contribution in [0.15, 0.2) is 36.4 Å². The Labute approximate surface area is 206 Å². The molecular formula is C22H18Cl2F3N3O5. The Morgan fingerprint density at radius 1 is 1.06 bits per heavy atom. The van der Waals surface area contributed by atoms with Crippen LogP contribution >= 0.6 is 23.2 Å². The Balaban J connectivity index is 1.85. The fourth-order valence-corrected chi connectivity index (χ4v) is 3.87. The minimum Gasteiger partial charge on any atom is -0.481 e. The number of imidazole rings is 1. The molecule has 0 bridgehead atoms. The number of amides is 1. The normalized spacial score (nSPS) is 11.5. The molecule has 0 saturated carbocycles. The lowest BCUT2D eigenvalue weighted by atomic mass is 10.2. The van der Waals surface area contributed by atoms with Gasteiger partial charge < -0.3 is 19.7 Å². The molecule has 186 valence electrons. The van der Waals surface area contributed by atoms with Gasteiger partial charge in [-0.15, -0.1) is 0 Å². The molecule has 3 aromatic rings. The molecule has 0 atom stereocenters. The van der Waals surface area contributed by atoms with Crippen LogP contribution in [0.25, 0.3) is 11.0 Å². The molecule has 8 nitrogen and oxygen atoms in total. The minimum atomic E-state index is -4.84. The third-order valence-corrected chi connectivity index (χ3v) is 5.45. The van der Waals surface area contributed by atoms with Crippen LogP contribution < -0.4 is 5.32 Å². The molecule has 2 N–H and O–H groups in total. The highest BCUT2D eigenvalue weighted by atomic mass is 35.5. The number of aromatic nitrogens is 2. The molecule has 0 aliphatic heterocycles. The number of carbonyl (C=O) groups excluding carboxylic acids is 2. The standard InChI is InChI=1S/C22H18Cl2F3N3O5/c23-12-4-1-5-13(24)18(12)20(34)28-14-6-2-7-15-19(14)29-21(22(25,26)27)30(15)10-11-35-17(33)9-3-8-16(31)32/h1-2,4-7H,3,8-11H2,(H,28,34)(H,31,32). The summed E-state index contributed by atoms with van der Waals surface area (Å²) in [6, 6.07) is 8.63. The quantitative estimate of drug-likeness (QED) is 0.357. The van der Waals surface area contributed by atoms with Gasteiger partial charge in [-0.1, -0.05) is 35.3 Å². The fourth-order valence-electron chi connectivity index (χ4n) is 3.30. The molecule has 0 unspecified atom stereocenters. The molecule has 13 heteroatoms. The maximum Gasteiger partial charge on any atom is 0.449 e. The second-order valence-electron chi connectivity index (χ2n) is 7.28. The zero-order chi connectivity index (χ0) is 25.8. The van der Waals surface area contributed by atoms with Gasteiger partial charge in [0, 0.05) is 12.8 Å². The number of carboxylic acids is 1. The van der Waals surface area contributed by atoms with Crippen LogP contribution in [-0.2, 0) is 27.0 Å². The number of alkyl halides is 3. The topological polar surface area (TPSA) is 111 Å². The third-order valence-electron chi connectivity index (χ3n) is 4.82. The molecule has 0 fully saturated rings. The number of hydrogen-bond donors (Lipinski definition) is 2. The van der Waals surface area contributed by atoms with E-state index in [0.717, 1.165) is 4.57 Å². The monoisotopic (exact) mass is 531 g/mol. The lowest BCUT2D eigenvalue weighted by Gasteiger charge is -2.12. The van der Waals surface area contributed by atoms with Gasteiger partial charge in [-0.2, -0.15) is 13.2 Å². The molecule has 1 heterocycles. The van der Waals surface area contributed by atoms with E-state index in [-0.39, 0.29) is 58.1 Å². The SMILES string of the molecule is O=C(O)CCCC(=O)OCCn1c(C(F)(F)F)nc2c(NC(=O)c3c(Cl)cccc3Cl)cccc21. The number of benzene rings is 2. The van der Waals surface area contributed by atoms with E-state index in [1.54, 1.807) is 6.07 Å². The second-order valence-corrected chi connectivity index (χ2v) is 8.09. The number of esters is 1. The number of ether oxygens (including phenoxy) is 1.